The fraction of sp³-hybridized carbons (Fsp3) is 0.208. The minimum atomic E-state index is -3.79. The highest BCUT2D eigenvalue weighted by Crippen LogP contribution is 2.32. The van der Waals surface area contributed by atoms with Gasteiger partial charge in [-0.3, -0.25) is 14.7 Å². The fourth-order valence-corrected chi connectivity index (χ4v) is 5.22. The Labute approximate surface area is 197 Å². The number of pyridine rings is 3. The van der Waals surface area contributed by atoms with Crippen LogP contribution in [0.1, 0.15) is 12.8 Å². The predicted octanol–water partition coefficient (Wildman–Crippen LogP) is 3.00. The number of nitrogen functional groups attached to an aromatic ring is 1. The summed E-state index contributed by atoms with van der Waals surface area (Å²) in [6.45, 7) is 1.69. The van der Waals surface area contributed by atoms with Gasteiger partial charge in [0.15, 0.2) is 0 Å². The Morgan fingerprint density at radius 2 is 1.88 bits per heavy atom. The number of piperidine rings is 1. The summed E-state index contributed by atoms with van der Waals surface area (Å²) in [6, 6.07) is 15.3. The number of sulfonamides is 1. The van der Waals surface area contributed by atoms with Gasteiger partial charge < -0.3 is 16.4 Å². The first kappa shape index (κ1) is 22.1. The van der Waals surface area contributed by atoms with E-state index in [1.807, 2.05) is 12.1 Å². The van der Waals surface area contributed by atoms with E-state index in [0.717, 1.165) is 42.5 Å². The lowest BCUT2D eigenvalue weighted by molar-refractivity contribution is 0.507. The topological polar surface area (TPSA) is 140 Å². The van der Waals surface area contributed by atoms with E-state index in [1.54, 1.807) is 36.7 Å². The van der Waals surface area contributed by atoms with Crippen LogP contribution in [0.2, 0.25) is 0 Å². The minimum absolute atomic E-state index is 0.130. The summed E-state index contributed by atoms with van der Waals surface area (Å²) in [7, 11) is -3.79. The van der Waals surface area contributed by atoms with E-state index in [0.29, 0.717) is 17.1 Å². The van der Waals surface area contributed by atoms with Crippen molar-refractivity contribution in [2.45, 2.75) is 23.8 Å². The standard InChI is InChI=1S/C24H25N7O2S/c25-16-5-4-12-31(15-16)22-10-11-27-21-14-28-20(13-18(21)22)24-19(26)8-9-23(29-24)30-34(32,33)17-6-2-1-3-7-17/h1-3,6-11,13-14,16H,4-5,12,15,25-26H2,(H,29,30)/t16-/m0/s1. The van der Waals surface area contributed by atoms with Gasteiger partial charge in [-0.1, -0.05) is 18.2 Å². The molecule has 0 spiro atoms. The first-order valence-corrected chi connectivity index (χ1v) is 12.5. The number of aromatic nitrogens is 3. The zero-order chi connectivity index (χ0) is 23.7. The van der Waals surface area contributed by atoms with Crippen LogP contribution in [0.25, 0.3) is 22.3 Å². The molecular formula is C24H25N7O2S. The van der Waals surface area contributed by atoms with Crippen LogP contribution in [-0.4, -0.2) is 42.5 Å². The van der Waals surface area contributed by atoms with Gasteiger partial charge in [-0.2, -0.15) is 0 Å². The summed E-state index contributed by atoms with van der Waals surface area (Å²) >= 11 is 0. The molecule has 4 aromatic rings. The van der Waals surface area contributed by atoms with Crippen molar-refractivity contribution in [2.24, 2.45) is 5.73 Å². The minimum Gasteiger partial charge on any atom is -0.397 e. The number of hydrogen-bond acceptors (Lipinski definition) is 8. The van der Waals surface area contributed by atoms with Crippen LogP contribution in [0.5, 0.6) is 0 Å². The molecule has 34 heavy (non-hydrogen) atoms. The summed E-state index contributed by atoms with van der Waals surface area (Å²) in [5.41, 5.74) is 15.5. The maximum atomic E-state index is 12.7. The number of benzene rings is 1. The Balaban J connectivity index is 1.53. The quantitative estimate of drug-likeness (QED) is 0.400. The maximum absolute atomic E-state index is 12.7. The van der Waals surface area contributed by atoms with Crippen LogP contribution in [0.3, 0.4) is 0 Å². The second-order valence-corrected chi connectivity index (χ2v) is 10.0. The van der Waals surface area contributed by atoms with Crippen molar-refractivity contribution in [3.8, 4) is 11.4 Å². The third-order valence-corrected chi connectivity index (χ3v) is 7.24. The van der Waals surface area contributed by atoms with Crippen LogP contribution >= 0.6 is 0 Å². The molecule has 0 bridgehead atoms. The van der Waals surface area contributed by atoms with Crippen LogP contribution in [0.15, 0.2) is 71.9 Å². The molecule has 9 nitrogen and oxygen atoms in total. The number of nitrogens with one attached hydrogen (secondary N) is 1. The highest BCUT2D eigenvalue weighted by molar-refractivity contribution is 7.92. The smallest absolute Gasteiger partial charge is 0.263 e. The number of fused-ring (bicyclic) bond motifs is 1. The molecular weight excluding hydrogens is 450 g/mol. The molecule has 174 valence electrons. The molecule has 1 aromatic carbocycles. The lowest BCUT2D eigenvalue weighted by Crippen LogP contribution is -2.42. The van der Waals surface area contributed by atoms with Crippen LogP contribution in [0.4, 0.5) is 17.2 Å². The second kappa shape index (κ2) is 8.88. The van der Waals surface area contributed by atoms with Crippen molar-refractivity contribution >= 4 is 38.1 Å². The molecule has 1 fully saturated rings. The largest absolute Gasteiger partial charge is 0.397 e. The van der Waals surface area contributed by atoms with Gasteiger partial charge in [0.1, 0.15) is 11.5 Å². The van der Waals surface area contributed by atoms with Gasteiger partial charge in [0.05, 0.1) is 28.0 Å². The van der Waals surface area contributed by atoms with E-state index in [2.05, 4.69) is 24.6 Å². The van der Waals surface area contributed by atoms with E-state index in [-0.39, 0.29) is 16.8 Å². The monoisotopic (exact) mass is 475 g/mol. The van der Waals surface area contributed by atoms with E-state index >= 15 is 0 Å². The second-order valence-electron chi connectivity index (χ2n) is 8.32. The molecule has 1 aliphatic rings. The zero-order valence-corrected chi connectivity index (χ0v) is 19.2. The first-order valence-electron chi connectivity index (χ1n) is 11.0. The molecule has 1 aliphatic heterocycles. The lowest BCUT2D eigenvalue weighted by atomic mass is 10.0. The summed E-state index contributed by atoms with van der Waals surface area (Å²) in [5.74, 6) is 0.156. The van der Waals surface area contributed by atoms with Crippen molar-refractivity contribution in [1.82, 2.24) is 15.0 Å². The summed E-state index contributed by atoms with van der Waals surface area (Å²) in [5, 5.41) is 0.915. The summed E-state index contributed by atoms with van der Waals surface area (Å²) in [6.07, 6.45) is 5.49. The number of hydrogen-bond donors (Lipinski definition) is 3. The highest BCUT2D eigenvalue weighted by Gasteiger charge is 2.20. The van der Waals surface area contributed by atoms with E-state index in [4.69, 9.17) is 11.5 Å². The average Bonchev–Trinajstić information content (AvgIpc) is 2.85. The summed E-state index contributed by atoms with van der Waals surface area (Å²) in [4.78, 5) is 15.9. The molecule has 0 radical (unpaired) electrons. The molecule has 5 N–H and O–H groups in total. The third-order valence-electron chi connectivity index (χ3n) is 5.86. The molecule has 0 amide bonds. The molecule has 0 saturated carbocycles. The normalized spacial score (nSPS) is 16.5. The lowest BCUT2D eigenvalue weighted by Gasteiger charge is -2.33. The van der Waals surface area contributed by atoms with Gasteiger partial charge in [0.2, 0.25) is 0 Å². The van der Waals surface area contributed by atoms with Crippen LogP contribution in [0, 0.1) is 0 Å². The predicted molar refractivity (Wildman–Crippen MR) is 134 cm³/mol. The Morgan fingerprint density at radius 1 is 1.06 bits per heavy atom. The number of nitrogens with two attached hydrogens (primary N) is 2. The van der Waals surface area contributed by atoms with Gasteiger partial charge in [0.25, 0.3) is 10.0 Å². The Kier molecular flexibility index (Phi) is 5.76. The number of nitrogens with zero attached hydrogens (tertiary/aromatic N) is 4. The molecule has 4 heterocycles. The van der Waals surface area contributed by atoms with Gasteiger partial charge in [-0.15, -0.1) is 0 Å². The van der Waals surface area contributed by atoms with Gasteiger partial charge in [0, 0.05) is 36.4 Å². The van der Waals surface area contributed by atoms with E-state index in [9.17, 15) is 8.42 Å². The highest BCUT2D eigenvalue weighted by atomic mass is 32.2. The van der Waals surface area contributed by atoms with Crippen molar-refractivity contribution in [3.05, 3.63) is 67.0 Å². The third kappa shape index (κ3) is 4.37. The fourth-order valence-electron chi connectivity index (χ4n) is 4.20. The maximum Gasteiger partial charge on any atom is 0.263 e. The molecule has 1 saturated heterocycles. The molecule has 3 aromatic heterocycles. The molecule has 0 unspecified atom stereocenters. The van der Waals surface area contributed by atoms with Crippen LogP contribution < -0.4 is 21.1 Å². The van der Waals surface area contributed by atoms with Crippen molar-refractivity contribution in [1.29, 1.82) is 0 Å². The van der Waals surface area contributed by atoms with Crippen molar-refractivity contribution in [2.75, 3.05) is 28.4 Å². The van der Waals surface area contributed by atoms with E-state index < -0.39 is 10.0 Å². The molecule has 1 atom stereocenters. The SMILES string of the molecule is Nc1ccc(NS(=O)(=O)c2ccccc2)nc1-c1cc2c(N3CCC[C@H](N)C3)ccnc2cn1. The zero-order valence-electron chi connectivity index (χ0n) is 18.4. The first-order chi connectivity index (χ1) is 16.4. The van der Waals surface area contributed by atoms with Gasteiger partial charge in [-0.05, 0) is 49.2 Å². The van der Waals surface area contributed by atoms with Gasteiger partial charge in [-0.25, -0.2) is 13.4 Å². The number of anilines is 3. The van der Waals surface area contributed by atoms with Crippen molar-refractivity contribution < 1.29 is 8.42 Å². The molecule has 5 rings (SSSR count). The Morgan fingerprint density at radius 3 is 2.68 bits per heavy atom. The van der Waals surface area contributed by atoms with Crippen molar-refractivity contribution in [3.63, 3.8) is 0 Å². The molecule has 0 aliphatic carbocycles. The van der Waals surface area contributed by atoms with Gasteiger partial charge >= 0.3 is 0 Å². The molecule has 10 heteroatoms. The average molecular weight is 476 g/mol. The Hall–Kier alpha value is -3.76. The summed E-state index contributed by atoms with van der Waals surface area (Å²) < 4.78 is 28.0. The number of rotatable bonds is 5. The van der Waals surface area contributed by atoms with E-state index in [1.165, 1.54) is 18.2 Å². The van der Waals surface area contributed by atoms with Crippen LogP contribution in [-0.2, 0) is 10.0 Å². The Bertz CT molecular complexity index is 1440.